The SMILES string of the molecule is Cc1ccc(C(=O)Cc2ccc(F)cc2)cc1. The Morgan fingerprint density at radius 3 is 2.18 bits per heavy atom. The molecule has 0 amide bonds. The maximum atomic E-state index is 12.7. The molecule has 2 aromatic rings. The molecule has 0 bridgehead atoms. The van der Waals surface area contributed by atoms with E-state index in [-0.39, 0.29) is 11.6 Å². The summed E-state index contributed by atoms with van der Waals surface area (Å²) in [4.78, 5) is 11.9. The summed E-state index contributed by atoms with van der Waals surface area (Å²) in [5.74, 6) is -0.229. The Kier molecular flexibility index (Phi) is 3.33. The Bertz CT molecular complexity index is 512. The molecule has 0 saturated heterocycles. The van der Waals surface area contributed by atoms with Gasteiger partial charge in [0.2, 0.25) is 0 Å². The van der Waals surface area contributed by atoms with Crippen molar-refractivity contribution in [2.24, 2.45) is 0 Å². The van der Waals surface area contributed by atoms with Crippen molar-refractivity contribution in [2.75, 3.05) is 0 Å². The molecule has 17 heavy (non-hydrogen) atoms. The lowest BCUT2D eigenvalue weighted by atomic mass is 10.0. The van der Waals surface area contributed by atoms with Crippen LogP contribution in [-0.4, -0.2) is 5.78 Å². The lowest BCUT2D eigenvalue weighted by molar-refractivity contribution is 0.0993. The molecule has 0 aliphatic carbocycles. The quantitative estimate of drug-likeness (QED) is 0.734. The average molecular weight is 228 g/mol. The van der Waals surface area contributed by atoms with E-state index in [4.69, 9.17) is 0 Å². The fraction of sp³-hybridized carbons (Fsp3) is 0.133. The summed E-state index contributed by atoms with van der Waals surface area (Å²) in [6.07, 6.45) is 0.309. The van der Waals surface area contributed by atoms with Crippen LogP contribution in [0.25, 0.3) is 0 Å². The molecule has 2 heteroatoms. The lowest BCUT2D eigenvalue weighted by Crippen LogP contribution is -2.03. The van der Waals surface area contributed by atoms with Crippen LogP contribution < -0.4 is 0 Å². The molecule has 0 fully saturated rings. The molecule has 2 aromatic carbocycles. The summed E-state index contributed by atoms with van der Waals surface area (Å²) < 4.78 is 12.7. The Balaban J connectivity index is 2.11. The third-order valence-corrected chi connectivity index (χ3v) is 2.65. The molecule has 0 saturated carbocycles. The first-order chi connectivity index (χ1) is 8.15. The van der Waals surface area contributed by atoms with Gasteiger partial charge in [0.15, 0.2) is 5.78 Å². The van der Waals surface area contributed by atoms with Gasteiger partial charge in [-0.2, -0.15) is 0 Å². The number of rotatable bonds is 3. The van der Waals surface area contributed by atoms with Gasteiger partial charge >= 0.3 is 0 Å². The van der Waals surface area contributed by atoms with Crippen molar-refractivity contribution in [1.29, 1.82) is 0 Å². The van der Waals surface area contributed by atoms with Crippen molar-refractivity contribution in [1.82, 2.24) is 0 Å². The molecular weight excluding hydrogens is 215 g/mol. The fourth-order valence-corrected chi connectivity index (χ4v) is 1.63. The predicted molar refractivity (Wildman–Crippen MR) is 65.6 cm³/mol. The zero-order valence-corrected chi connectivity index (χ0v) is 9.61. The minimum absolute atomic E-state index is 0.0524. The first-order valence-electron chi connectivity index (χ1n) is 5.49. The van der Waals surface area contributed by atoms with E-state index in [1.165, 1.54) is 12.1 Å². The third kappa shape index (κ3) is 3.00. The van der Waals surface area contributed by atoms with Gasteiger partial charge in [-0.05, 0) is 24.6 Å². The first kappa shape index (κ1) is 11.5. The largest absolute Gasteiger partial charge is 0.294 e. The summed E-state index contributed by atoms with van der Waals surface area (Å²) in [5.41, 5.74) is 2.65. The Labute approximate surface area is 99.9 Å². The van der Waals surface area contributed by atoms with Crippen LogP contribution in [0.1, 0.15) is 21.5 Å². The van der Waals surface area contributed by atoms with Crippen LogP contribution in [0.2, 0.25) is 0 Å². The zero-order chi connectivity index (χ0) is 12.3. The summed E-state index contributed by atoms with van der Waals surface area (Å²) >= 11 is 0. The predicted octanol–water partition coefficient (Wildman–Crippen LogP) is 3.56. The van der Waals surface area contributed by atoms with Gasteiger partial charge in [-0.15, -0.1) is 0 Å². The van der Waals surface area contributed by atoms with Crippen molar-refractivity contribution in [2.45, 2.75) is 13.3 Å². The highest BCUT2D eigenvalue weighted by Crippen LogP contribution is 2.09. The van der Waals surface area contributed by atoms with Crippen LogP contribution in [0.5, 0.6) is 0 Å². The number of Topliss-reactive ketones (excluding diaryl/α,β-unsaturated/α-hetero) is 1. The summed E-state index contributed by atoms with van der Waals surface area (Å²) in [6, 6.07) is 13.5. The fourth-order valence-electron chi connectivity index (χ4n) is 1.63. The minimum Gasteiger partial charge on any atom is -0.294 e. The molecule has 0 atom stereocenters. The number of carbonyl (C=O) groups is 1. The van der Waals surface area contributed by atoms with Crippen molar-refractivity contribution in [3.8, 4) is 0 Å². The van der Waals surface area contributed by atoms with E-state index in [0.717, 1.165) is 11.1 Å². The average Bonchev–Trinajstić information content (AvgIpc) is 2.33. The second-order valence-electron chi connectivity index (χ2n) is 4.09. The molecule has 2 rings (SSSR count). The van der Waals surface area contributed by atoms with Gasteiger partial charge in [-0.1, -0.05) is 42.0 Å². The molecule has 0 radical (unpaired) electrons. The number of hydrogen-bond acceptors (Lipinski definition) is 1. The second kappa shape index (κ2) is 4.91. The molecule has 0 spiro atoms. The van der Waals surface area contributed by atoms with E-state index in [2.05, 4.69) is 0 Å². The van der Waals surface area contributed by atoms with Crippen LogP contribution in [0.4, 0.5) is 4.39 Å². The normalized spacial score (nSPS) is 10.2. The highest BCUT2D eigenvalue weighted by atomic mass is 19.1. The number of halogens is 1. The first-order valence-corrected chi connectivity index (χ1v) is 5.49. The lowest BCUT2D eigenvalue weighted by Gasteiger charge is -2.02. The molecular formula is C15H13FO. The van der Waals surface area contributed by atoms with E-state index in [1.807, 2.05) is 31.2 Å². The van der Waals surface area contributed by atoms with Gasteiger partial charge in [0, 0.05) is 12.0 Å². The number of hydrogen-bond donors (Lipinski definition) is 0. The molecule has 86 valence electrons. The minimum atomic E-state index is -0.281. The van der Waals surface area contributed by atoms with Crippen LogP contribution in [0, 0.1) is 12.7 Å². The van der Waals surface area contributed by atoms with E-state index < -0.39 is 0 Å². The van der Waals surface area contributed by atoms with Crippen LogP contribution in [0.3, 0.4) is 0 Å². The van der Waals surface area contributed by atoms with Gasteiger partial charge in [-0.25, -0.2) is 4.39 Å². The van der Waals surface area contributed by atoms with Gasteiger partial charge in [-0.3, -0.25) is 4.79 Å². The van der Waals surface area contributed by atoms with Gasteiger partial charge < -0.3 is 0 Å². The molecule has 0 N–H and O–H groups in total. The molecule has 0 heterocycles. The molecule has 1 nitrogen and oxygen atoms in total. The van der Waals surface area contributed by atoms with Crippen LogP contribution >= 0.6 is 0 Å². The Morgan fingerprint density at radius 2 is 1.59 bits per heavy atom. The van der Waals surface area contributed by atoms with E-state index in [1.54, 1.807) is 12.1 Å². The van der Waals surface area contributed by atoms with Crippen LogP contribution in [-0.2, 0) is 6.42 Å². The van der Waals surface area contributed by atoms with Crippen LogP contribution in [0.15, 0.2) is 48.5 Å². The molecule has 0 unspecified atom stereocenters. The third-order valence-electron chi connectivity index (χ3n) is 2.65. The number of aryl methyl sites for hydroxylation is 1. The summed E-state index contributed by atoms with van der Waals surface area (Å²) in [7, 11) is 0. The topological polar surface area (TPSA) is 17.1 Å². The van der Waals surface area contributed by atoms with Gasteiger partial charge in [0.1, 0.15) is 5.82 Å². The molecule has 0 aromatic heterocycles. The zero-order valence-electron chi connectivity index (χ0n) is 9.61. The Morgan fingerprint density at radius 1 is 1.00 bits per heavy atom. The van der Waals surface area contributed by atoms with Gasteiger partial charge in [0.25, 0.3) is 0 Å². The number of benzene rings is 2. The maximum absolute atomic E-state index is 12.7. The van der Waals surface area contributed by atoms with E-state index in [0.29, 0.717) is 12.0 Å². The second-order valence-corrected chi connectivity index (χ2v) is 4.09. The summed E-state index contributed by atoms with van der Waals surface area (Å²) in [5, 5.41) is 0. The monoisotopic (exact) mass is 228 g/mol. The molecule has 0 aliphatic rings. The van der Waals surface area contributed by atoms with Gasteiger partial charge in [0.05, 0.1) is 0 Å². The number of ketones is 1. The summed E-state index contributed by atoms with van der Waals surface area (Å²) in [6.45, 7) is 1.98. The highest BCUT2D eigenvalue weighted by molar-refractivity contribution is 5.97. The standard InChI is InChI=1S/C15H13FO/c1-11-2-6-13(7-3-11)15(17)10-12-4-8-14(16)9-5-12/h2-9H,10H2,1H3. The van der Waals surface area contributed by atoms with Crippen molar-refractivity contribution < 1.29 is 9.18 Å². The smallest absolute Gasteiger partial charge is 0.167 e. The highest BCUT2D eigenvalue weighted by Gasteiger charge is 2.06. The van der Waals surface area contributed by atoms with Crippen molar-refractivity contribution in [3.05, 3.63) is 71.0 Å². The maximum Gasteiger partial charge on any atom is 0.167 e. The number of carbonyl (C=O) groups excluding carboxylic acids is 1. The Hall–Kier alpha value is -1.96. The molecule has 0 aliphatic heterocycles. The van der Waals surface area contributed by atoms with Crippen molar-refractivity contribution >= 4 is 5.78 Å². The van der Waals surface area contributed by atoms with E-state index >= 15 is 0 Å². The van der Waals surface area contributed by atoms with E-state index in [9.17, 15) is 9.18 Å². The van der Waals surface area contributed by atoms with Crippen molar-refractivity contribution in [3.63, 3.8) is 0 Å².